The number of aromatic carboxylic acids is 1. The molecule has 1 aliphatic heterocycles. The van der Waals surface area contributed by atoms with Gasteiger partial charge in [-0.25, -0.2) is 13.2 Å². The molecular weight excluding hydrogens is 286 g/mol. The fourth-order valence-corrected chi connectivity index (χ4v) is 3.71. The standard InChI is InChI=1S/C12H15NO6S/c1-19-10-6-8(12(15)16)2-3-11(10)20(17,18)13-5-4-9(14)7-13/h2-3,6,9,14H,4-5,7H2,1H3,(H,15,16). The molecule has 0 spiro atoms. The number of sulfonamides is 1. The number of nitrogens with zero attached hydrogens (tertiary/aromatic N) is 1. The number of carboxylic acids is 1. The normalized spacial score (nSPS) is 20.0. The minimum Gasteiger partial charge on any atom is -0.495 e. The van der Waals surface area contributed by atoms with Gasteiger partial charge in [-0.2, -0.15) is 4.31 Å². The van der Waals surface area contributed by atoms with E-state index in [4.69, 9.17) is 9.84 Å². The summed E-state index contributed by atoms with van der Waals surface area (Å²) in [6.07, 6.45) is -0.288. The molecule has 20 heavy (non-hydrogen) atoms. The molecule has 2 rings (SSSR count). The average Bonchev–Trinajstić information content (AvgIpc) is 2.85. The highest BCUT2D eigenvalue weighted by Crippen LogP contribution is 2.29. The second kappa shape index (κ2) is 5.39. The first-order valence-corrected chi connectivity index (χ1v) is 7.40. The van der Waals surface area contributed by atoms with Crippen LogP contribution in [-0.2, 0) is 10.0 Å². The van der Waals surface area contributed by atoms with Crippen LogP contribution in [0, 0.1) is 0 Å². The lowest BCUT2D eigenvalue weighted by molar-refractivity contribution is 0.0696. The second-order valence-electron chi connectivity index (χ2n) is 4.48. The quantitative estimate of drug-likeness (QED) is 0.820. The van der Waals surface area contributed by atoms with Crippen LogP contribution >= 0.6 is 0 Å². The predicted octanol–water partition coefficient (Wildman–Crippen LogP) is 0.149. The first-order chi connectivity index (χ1) is 9.36. The zero-order valence-electron chi connectivity index (χ0n) is 10.8. The van der Waals surface area contributed by atoms with Gasteiger partial charge in [0.2, 0.25) is 10.0 Å². The van der Waals surface area contributed by atoms with E-state index in [1.165, 1.54) is 25.3 Å². The molecule has 0 bridgehead atoms. The van der Waals surface area contributed by atoms with E-state index in [2.05, 4.69) is 0 Å². The maximum atomic E-state index is 12.4. The molecule has 1 unspecified atom stereocenters. The Labute approximate surface area is 116 Å². The Kier molecular flexibility index (Phi) is 3.98. The van der Waals surface area contributed by atoms with Crippen LogP contribution in [0.25, 0.3) is 0 Å². The van der Waals surface area contributed by atoms with Gasteiger partial charge >= 0.3 is 5.97 Å². The molecule has 8 heteroatoms. The minimum atomic E-state index is -3.80. The number of rotatable bonds is 4. The molecule has 1 fully saturated rings. The van der Waals surface area contributed by atoms with Crippen molar-refractivity contribution in [2.75, 3.05) is 20.2 Å². The van der Waals surface area contributed by atoms with Crippen LogP contribution in [0.1, 0.15) is 16.8 Å². The van der Waals surface area contributed by atoms with Crippen molar-refractivity contribution in [2.45, 2.75) is 17.4 Å². The van der Waals surface area contributed by atoms with Crippen LogP contribution in [0.3, 0.4) is 0 Å². The van der Waals surface area contributed by atoms with Crippen LogP contribution in [0.2, 0.25) is 0 Å². The van der Waals surface area contributed by atoms with Gasteiger partial charge in [0.15, 0.2) is 0 Å². The van der Waals surface area contributed by atoms with Crippen molar-refractivity contribution in [1.29, 1.82) is 0 Å². The van der Waals surface area contributed by atoms with Gasteiger partial charge < -0.3 is 14.9 Å². The van der Waals surface area contributed by atoms with Gasteiger partial charge in [0.1, 0.15) is 10.6 Å². The van der Waals surface area contributed by atoms with Crippen LogP contribution in [0.15, 0.2) is 23.1 Å². The molecule has 0 radical (unpaired) electrons. The number of ether oxygens (including phenoxy) is 1. The monoisotopic (exact) mass is 301 g/mol. The van der Waals surface area contributed by atoms with Crippen molar-refractivity contribution >= 4 is 16.0 Å². The van der Waals surface area contributed by atoms with Gasteiger partial charge in [-0.1, -0.05) is 0 Å². The Morgan fingerprint density at radius 1 is 1.45 bits per heavy atom. The zero-order valence-corrected chi connectivity index (χ0v) is 11.6. The van der Waals surface area contributed by atoms with Gasteiger partial charge in [-0.3, -0.25) is 0 Å². The van der Waals surface area contributed by atoms with E-state index in [1.807, 2.05) is 0 Å². The van der Waals surface area contributed by atoms with E-state index in [0.29, 0.717) is 6.42 Å². The molecule has 0 amide bonds. The van der Waals surface area contributed by atoms with E-state index in [0.717, 1.165) is 4.31 Å². The highest BCUT2D eigenvalue weighted by molar-refractivity contribution is 7.89. The molecule has 0 saturated carbocycles. The zero-order chi connectivity index (χ0) is 14.9. The van der Waals surface area contributed by atoms with Crippen molar-refractivity contribution in [3.05, 3.63) is 23.8 Å². The largest absolute Gasteiger partial charge is 0.495 e. The lowest BCUT2D eigenvalue weighted by Gasteiger charge is -2.18. The Bertz CT molecular complexity index is 627. The van der Waals surface area contributed by atoms with E-state index in [1.54, 1.807) is 0 Å². The maximum Gasteiger partial charge on any atom is 0.335 e. The van der Waals surface area contributed by atoms with Crippen LogP contribution < -0.4 is 4.74 Å². The van der Waals surface area contributed by atoms with Gasteiger partial charge in [-0.05, 0) is 24.6 Å². The summed E-state index contributed by atoms with van der Waals surface area (Å²) in [7, 11) is -2.52. The van der Waals surface area contributed by atoms with Gasteiger partial charge in [-0.15, -0.1) is 0 Å². The second-order valence-corrected chi connectivity index (χ2v) is 6.38. The molecular formula is C12H15NO6S. The van der Waals surface area contributed by atoms with Crippen molar-refractivity contribution in [3.8, 4) is 5.75 Å². The minimum absolute atomic E-state index is 0.0220. The lowest BCUT2D eigenvalue weighted by atomic mass is 10.2. The molecule has 110 valence electrons. The summed E-state index contributed by atoms with van der Waals surface area (Å²) in [4.78, 5) is 10.8. The third kappa shape index (κ3) is 2.62. The Hall–Kier alpha value is -1.64. The maximum absolute atomic E-state index is 12.4. The molecule has 1 aliphatic rings. The molecule has 0 aliphatic carbocycles. The SMILES string of the molecule is COc1cc(C(=O)O)ccc1S(=O)(=O)N1CCC(O)C1. The first kappa shape index (κ1) is 14.8. The number of carbonyl (C=O) groups is 1. The Morgan fingerprint density at radius 3 is 2.65 bits per heavy atom. The smallest absolute Gasteiger partial charge is 0.335 e. The fourth-order valence-electron chi connectivity index (χ4n) is 2.08. The number of benzene rings is 1. The lowest BCUT2D eigenvalue weighted by Crippen LogP contribution is -2.30. The topological polar surface area (TPSA) is 104 Å². The fraction of sp³-hybridized carbons (Fsp3) is 0.417. The summed E-state index contributed by atoms with van der Waals surface area (Å²) in [5.74, 6) is -1.19. The van der Waals surface area contributed by atoms with Crippen LogP contribution in [0.4, 0.5) is 0 Å². The van der Waals surface area contributed by atoms with E-state index < -0.39 is 22.1 Å². The molecule has 1 aromatic carbocycles. The summed E-state index contributed by atoms with van der Waals surface area (Å²) in [5.41, 5.74) is -0.0535. The molecule has 1 atom stereocenters. The number of methoxy groups -OCH3 is 1. The molecule has 1 heterocycles. The number of hydrogen-bond acceptors (Lipinski definition) is 5. The summed E-state index contributed by atoms with van der Waals surface area (Å²) in [6.45, 7) is 0.263. The van der Waals surface area contributed by atoms with E-state index in [-0.39, 0.29) is 29.3 Å². The van der Waals surface area contributed by atoms with Crippen molar-refractivity contribution in [1.82, 2.24) is 4.31 Å². The third-order valence-corrected chi connectivity index (χ3v) is 5.06. The summed E-state index contributed by atoms with van der Waals surface area (Å²) in [6, 6.07) is 3.59. The highest BCUT2D eigenvalue weighted by atomic mass is 32.2. The predicted molar refractivity (Wildman–Crippen MR) is 69.3 cm³/mol. The molecule has 7 nitrogen and oxygen atoms in total. The van der Waals surface area contributed by atoms with E-state index >= 15 is 0 Å². The van der Waals surface area contributed by atoms with Crippen LogP contribution in [0.5, 0.6) is 5.75 Å². The molecule has 1 aromatic rings. The van der Waals surface area contributed by atoms with E-state index in [9.17, 15) is 18.3 Å². The number of carboxylic acid groups (broad SMARTS) is 1. The van der Waals surface area contributed by atoms with Gasteiger partial charge in [0.25, 0.3) is 0 Å². The Morgan fingerprint density at radius 2 is 2.15 bits per heavy atom. The summed E-state index contributed by atoms with van der Waals surface area (Å²) in [5, 5.41) is 18.3. The molecule has 0 aromatic heterocycles. The molecule has 2 N–H and O–H groups in total. The van der Waals surface area contributed by atoms with Crippen molar-refractivity contribution in [3.63, 3.8) is 0 Å². The first-order valence-electron chi connectivity index (χ1n) is 5.96. The highest BCUT2D eigenvalue weighted by Gasteiger charge is 2.33. The number of β-amino-alcohol motifs (C(OH)–C–C–N with tert-alkyl or cyclic N) is 1. The number of aliphatic hydroxyl groups excluding tert-OH is 1. The number of aliphatic hydroxyl groups is 1. The van der Waals surface area contributed by atoms with Gasteiger partial charge in [0, 0.05) is 13.1 Å². The van der Waals surface area contributed by atoms with Crippen LogP contribution in [-0.4, -0.2) is 55.2 Å². The summed E-state index contributed by atoms with van der Waals surface area (Å²) < 4.78 is 31.0. The van der Waals surface area contributed by atoms with Crippen molar-refractivity contribution in [2.24, 2.45) is 0 Å². The van der Waals surface area contributed by atoms with Gasteiger partial charge in [0.05, 0.1) is 18.8 Å². The third-order valence-electron chi connectivity index (χ3n) is 3.15. The average molecular weight is 301 g/mol. The number of hydrogen-bond donors (Lipinski definition) is 2. The van der Waals surface area contributed by atoms with Crippen molar-refractivity contribution < 1.29 is 28.2 Å². The Balaban J connectivity index is 2.44. The summed E-state index contributed by atoms with van der Waals surface area (Å²) >= 11 is 0. The molecule has 1 saturated heterocycles.